The van der Waals surface area contributed by atoms with Crippen LogP contribution in [-0.4, -0.2) is 48.0 Å². The third-order valence-electron chi connectivity index (χ3n) is 3.36. The van der Waals surface area contributed by atoms with E-state index >= 15 is 0 Å². The Bertz CT molecular complexity index is 733. The Balaban J connectivity index is 2.12. The predicted octanol–water partition coefficient (Wildman–Crippen LogP) is 2.89. The molecule has 7 heteroatoms. The van der Waals surface area contributed by atoms with Crippen molar-refractivity contribution in [3.05, 3.63) is 45.7 Å². The number of nitrogens with zero attached hydrogens (tertiary/aromatic N) is 3. The summed E-state index contributed by atoms with van der Waals surface area (Å²) in [5.74, 6) is 0.207. The standard InChI is InChI=1S/C17H22BrN5O/c1-11-5-6-13(10-14(11)18)21-17-20-12(2)9-15(22-17)16(24)19-7-8-23(3)4/h5-6,9-10H,7-8H2,1-4H3,(H,19,24)(H,20,21,22). The van der Waals surface area contributed by atoms with Gasteiger partial charge in [0.2, 0.25) is 5.95 Å². The van der Waals surface area contributed by atoms with Gasteiger partial charge >= 0.3 is 0 Å². The van der Waals surface area contributed by atoms with E-state index in [1.165, 1.54) is 0 Å². The molecule has 0 spiro atoms. The fourth-order valence-electron chi connectivity index (χ4n) is 2.02. The number of aryl methyl sites for hydroxylation is 2. The molecule has 0 bridgehead atoms. The minimum atomic E-state index is -0.199. The molecule has 2 N–H and O–H groups in total. The highest BCUT2D eigenvalue weighted by molar-refractivity contribution is 9.10. The van der Waals surface area contributed by atoms with E-state index in [1.54, 1.807) is 6.07 Å². The van der Waals surface area contributed by atoms with Crippen LogP contribution in [-0.2, 0) is 0 Å². The average Bonchev–Trinajstić information content (AvgIpc) is 2.50. The summed E-state index contributed by atoms with van der Waals surface area (Å²) in [6.45, 7) is 5.21. The van der Waals surface area contributed by atoms with Gasteiger partial charge < -0.3 is 15.5 Å². The first-order chi connectivity index (χ1) is 11.3. The molecule has 0 aliphatic rings. The quantitative estimate of drug-likeness (QED) is 0.791. The molecule has 24 heavy (non-hydrogen) atoms. The van der Waals surface area contributed by atoms with Gasteiger partial charge in [-0.3, -0.25) is 4.79 Å². The van der Waals surface area contributed by atoms with Gasteiger partial charge in [0, 0.05) is 28.9 Å². The summed E-state index contributed by atoms with van der Waals surface area (Å²) in [7, 11) is 3.92. The number of aromatic nitrogens is 2. The van der Waals surface area contributed by atoms with Gasteiger partial charge in [-0.25, -0.2) is 9.97 Å². The number of anilines is 2. The number of carbonyl (C=O) groups excluding carboxylic acids is 1. The molecule has 0 atom stereocenters. The maximum Gasteiger partial charge on any atom is 0.270 e. The highest BCUT2D eigenvalue weighted by Crippen LogP contribution is 2.22. The van der Waals surface area contributed by atoms with E-state index in [4.69, 9.17) is 0 Å². The molecule has 0 saturated carbocycles. The zero-order chi connectivity index (χ0) is 17.7. The van der Waals surface area contributed by atoms with Crippen molar-refractivity contribution in [1.29, 1.82) is 0 Å². The monoisotopic (exact) mass is 391 g/mol. The molecule has 1 amide bonds. The summed E-state index contributed by atoms with van der Waals surface area (Å²) in [6.07, 6.45) is 0. The van der Waals surface area contributed by atoms with Crippen molar-refractivity contribution in [3.8, 4) is 0 Å². The van der Waals surface area contributed by atoms with Crippen LogP contribution in [0.2, 0.25) is 0 Å². The lowest BCUT2D eigenvalue weighted by Gasteiger charge is -2.11. The highest BCUT2D eigenvalue weighted by Gasteiger charge is 2.11. The summed E-state index contributed by atoms with van der Waals surface area (Å²) in [4.78, 5) is 22.9. The van der Waals surface area contributed by atoms with Gasteiger partial charge in [-0.1, -0.05) is 22.0 Å². The molecule has 128 valence electrons. The van der Waals surface area contributed by atoms with Crippen molar-refractivity contribution in [2.24, 2.45) is 0 Å². The van der Waals surface area contributed by atoms with Gasteiger partial charge in [0.1, 0.15) is 5.69 Å². The van der Waals surface area contributed by atoms with Crippen molar-refractivity contribution in [2.45, 2.75) is 13.8 Å². The third kappa shape index (κ3) is 5.28. The maximum atomic E-state index is 12.2. The largest absolute Gasteiger partial charge is 0.349 e. The minimum Gasteiger partial charge on any atom is -0.349 e. The van der Waals surface area contributed by atoms with Crippen LogP contribution >= 0.6 is 15.9 Å². The average molecular weight is 392 g/mol. The Morgan fingerprint density at radius 2 is 1.96 bits per heavy atom. The molecule has 0 radical (unpaired) electrons. The number of nitrogens with one attached hydrogen (secondary N) is 2. The fraction of sp³-hybridized carbons (Fsp3) is 0.353. The predicted molar refractivity (Wildman–Crippen MR) is 99.8 cm³/mol. The lowest BCUT2D eigenvalue weighted by atomic mass is 10.2. The second-order valence-corrected chi connectivity index (χ2v) is 6.72. The first-order valence-corrected chi connectivity index (χ1v) is 8.46. The van der Waals surface area contributed by atoms with Crippen molar-refractivity contribution in [1.82, 2.24) is 20.2 Å². The normalized spacial score (nSPS) is 10.8. The number of rotatable bonds is 6. The lowest BCUT2D eigenvalue weighted by Crippen LogP contribution is -2.32. The summed E-state index contributed by atoms with van der Waals surface area (Å²) < 4.78 is 1.00. The maximum absolute atomic E-state index is 12.2. The van der Waals surface area contributed by atoms with E-state index < -0.39 is 0 Å². The summed E-state index contributed by atoms with van der Waals surface area (Å²) >= 11 is 3.50. The Labute approximate surface area is 150 Å². The molecule has 0 saturated heterocycles. The number of hydrogen-bond donors (Lipinski definition) is 2. The molecular weight excluding hydrogens is 370 g/mol. The molecule has 0 aliphatic carbocycles. The van der Waals surface area contributed by atoms with Crippen LogP contribution in [0.1, 0.15) is 21.7 Å². The summed E-state index contributed by atoms with van der Waals surface area (Å²) in [5.41, 5.74) is 3.09. The Morgan fingerprint density at radius 1 is 1.21 bits per heavy atom. The van der Waals surface area contributed by atoms with E-state index in [1.807, 2.05) is 51.0 Å². The third-order valence-corrected chi connectivity index (χ3v) is 4.21. The summed E-state index contributed by atoms with van der Waals surface area (Å²) in [6, 6.07) is 7.58. The zero-order valence-corrected chi connectivity index (χ0v) is 15.9. The molecule has 1 heterocycles. The highest BCUT2D eigenvalue weighted by atomic mass is 79.9. The smallest absolute Gasteiger partial charge is 0.270 e. The molecule has 0 aliphatic heterocycles. The van der Waals surface area contributed by atoms with Gasteiger partial charge in [0.15, 0.2) is 0 Å². The molecular formula is C17H22BrN5O. The van der Waals surface area contributed by atoms with Gasteiger partial charge in [-0.2, -0.15) is 0 Å². The van der Waals surface area contributed by atoms with E-state index in [2.05, 4.69) is 36.5 Å². The number of halogens is 1. The molecule has 1 aromatic carbocycles. The molecule has 1 aromatic heterocycles. The van der Waals surface area contributed by atoms with Gasteiger partial charge in [0.05, 0.1) is 0 Å². The molecule has 6 nitrogen and oxygen atoms in total. The van der Waals surface area contributed by atoms with Crippen LogP contribution in [0.5, 0.6) is 0 Å². The van der Waals surface area contributed by atoms with Crippen molar-refractivity contribution in [3.63, 3.8) is 0 Å². The molecule has 0 fully saturated rings. The van der Waals surface area contributed by atoms with Crippen LogP contribution in [0.4, 0.5) is 11.6 Å². The lowest BCUT2D eigenvalue weighted by molar-refractivity contribution is 0.0946. The van der Waals surface area contributed by atoms with Crippen molar-refractivity contribution >= 4 is 33.5 Å². The number of hydrogen-bond acceptors (Lipinski definition) is 5. The minimum absolute atomic E-state index is 0.199. The SMILES string of the molecule is Cc1cc(C(=O)NCCN(C)C)nc(Nc2ccc(C)c(Br)c2)n1. The molecule has 2 aromatic rings. The zero-order valence-electron chi connectivity index (χ0n) is 14.4. The van der Waals surface area contributed by atoms with Crippen LogP contribution < -0.4 is 10.6 Å². The van der Waals surface area contributed by atoms with E-state index in [0.717, 1.165) is 28.0 Å². The van der Waals surface area contributed by atoms with Gasteiger partial charge in [-0.05, 0) is 51.7 Å². The van der Waals surface area contributed by atoms with Gasteiger partial charge in [0.25, 0.3) is 5.91 Å². The number of likely N-dealkylation sites (N-methyl/N-ethyl adjacent to an activating group) is 1. The van der Waals surface area contributed by atoms with Gasteiger partial charge in [-0.15, -0.1) is 0 Å². The first-order valence-electron chi connectivity index (χ1n) is 7.67. The van der Waals surface area contributed by atoms with E-state index in [9.17, 15) is 4.79 Å². The topological polar surface area (TPSA) is 70.2 Å². The first kappa shape index (κ1) is 18.4. The Hall–Kier alpha value is -1.99. The van der Waals surface area contributed by atoms with Crippen LogP contribution in [0, 0.1) is 13.8 Å². The molecule has 2 rings (SSSR count). The second kappa shape index (κ2) is 8.21. The van der Waals surface area contributed by atoms with E-state index in [-0.39, 0.29) is 5.91 Å². The Morgan fingerprint density at radius 3 is 2.62 bits per heavy atom. The van der Waals surface area contributed by atoms with Crippen molar-refractivity contribution < 1.29 is 4.79 Å². The Kier molecular flexibility index (Phi) is 6.28. The van der Waals surface area contributed by atoms with Crippen LogP contribution in [0.3, 0.4) is 0 Å². The fourth-order valence-corrected chi connectivity index (χ4v) is 2.40. The second-order valence-electron chi connectivity index (χ2n) is 5.87. The van der Waals surface area contributed by atoms with Crippen LogP contribution in [0.25, 0.3) is 0 Å². The number of benzene rings is 1. The van der Waals surface area contributed by atoms with Crippen LogP contribution in [0.15, 0.2) is 28.7 Å². The number of amides is 1. The molecule has 0 unspecified atom stereocenters. The van der Waals surface area contributed by atoms with E-state index in [0.29, 0.717) is 18.2 Å². The number of carbonyl (C=O) groups is 1. The van der Waals surface area contributed by atoms with Crippen molar-refractivity contribution in [2.75, 3.05) is 32.5 Å². The summed E-state index contributed by atoms with van der Waals surface area (Å²) in [5, 5.41) is 6.00.